The second-order valence-corrected chi connectivity index (χ2v) is 4.20. The first kappa shape index (κ1) is 13.0. The summed E-state index contributed by atoms with van der Waals surface area (Å²) in [6.45, 7) is 1.92. The number of carbonyl (C=O) groups is 1. The topological polar surface area (TPSA) is 47.6 Å². The molecule has 0 saturated carbocycles. The number of methoxy groups -OCH3 is 2. The summed E-state index contributed by atoms with van der Waals surface area (Å²) >= 11 is 3.37. The number of hydrogen-bond donors (Lipinski definition) is 1. The smallest absolute Gasteiger partial charge is 0.250 e. The number of ether oxygens (including phenoxy) is 2. The molecule has 1 amide bonds. The van der Waals surface area contributed by atoms with Gasteiger partial charge in [0.15, 0.2) is 0 Å². The van der Waals surface area contributed by atoms with E-state index in [0.29, 0.717) is 11.4 Å². The zero-order valence-corrected chi connectivity index (χ0v) is 11.1. The van der Waals surface area contributed by atoms with E-state index in [0.717, 1.165) is 10.0 Å². The van der Waals surface area contributed by atoms with Crippen molar-refractivity contribution in [1.29, 1.82) is 0 Å². The highest BCUT2D eigenvalue weighted by Gasteiger charge is 2.11. The highest BCUT2D eigenvalue weighted by atomic mass is 79.9. The molecule has 0 heterocycles. The Morgan fingerprint density at radius 2 is 2.12 bits per heavy atom. The van der Waals surface area contributed by atoms with Crippen molar-refractivity contribution in [3.63, 3.8) is 0 Å². The molecule has 16 heavy (non-hydrogen) atoms. The fourth-order valence-corrected chi connectivity index (χ4v) is 1.89. The molecule has 0 aliphatic carbocycles. The molecule has 0 atom stereocenters. The van der Waals surface area contributed by atoms with Crippen molar-refractivity contribution in [1.82, 2.24) is 0 Å². The normalized spacial score (nSPS) is 10.0. The molecule has 88 valence electrons. The summed E-state index contributed by atoms with van der Waals surface area (Å²) in [5.74, 6) is 0.419. The van der Waals surface area contributed by atoms with Crippen LogP contribution in [0.5, 0.6) is 5.75 Å². The van der Waals surface area contributed by atoms with Crippen LogP contribution in [0.2, 0.25) is 0 Å². The predicted molar refractivity (Wildman–Crippen MR) is 65.9 cm³/mol. The van der Waals surface area contributed by atoms with Gasteiger partial charge in [-0.15, -0.1) is 0 Å². The second-order valence-electron chi connectivity index (χ2n) is 3.28. The second kappa shape index (κ2) is 5.86. The molecule has 1 rings (SSSR count). The van der Waals surface area contributed by atoms with Gasteiger partial charge in [0.25, 0.3) is 0 Å². The van der Waals surface area contributed by atoms with Crippen molar-refractivity contribution in [2.75, 3.05) is 26.1 Å². The molecule has 0 radical (unpaired) electrons. The fraction of sp³-hybridized carbons (Fsp3) is 0.364. The molecule has 0 saturated heterocycles. The summed E-state index contributed by atoms with van der Waals surface area (Å²) < 4.78 is 10.9. The van der Waals surface area contributed by atoms with Crippen LogP contribution in [0.15, 0.2) is 16.6 Å². The molecule has 1 aromatic rings. The summed E-state index contributed by atoms with van der Waals surface area (Å²) in [6.07, 6.45) is 0. The van der Waals surface area contributed by atoms with Crippen LogP contribution in [0.25, 0.3) is 0 Å². The number of halogens is 1. The molecular weight excluding hydrogens is 274 g/mol. The summed E-state index contributed by atoms with van der Waals surface area (Å²) in [7, 11) is 3.04. The molecule has 0 aromatic heterocycles. The van der Waals surface area contributed by atoms with Gasteiger partial charge in [-0.2, -0.15) is 0 Å². The maximum Gasteiger partial charge on any atom is 0.250 e. The third-order valence-corrected chi connectivity index (χ3v) is 2.48. The average molecular weight is 288 g/mol. The molecular formula is C11H14BrNO3. The monoisotopic (exact) mass is 287 g/mol. The van der Waals surface area contributed by atoms with Crippen LogP contribution in [-0.4, -0.2) is 26.7 Å². The molecule has 0 fully saturated rings. The minimum Gasteiger partial charge on any atom is -0.495 e. The number of anilines is 1. The van der Waals surface area contributed by atoms with E-state index in [9.17, 15) is 4.79 Å². The van der Waals surface area contributed by atoms with Crippen molar-refractivity contribution < 1.29 is 14.3 Å². The highest BCUT2D eigenvalue weighted by molar-refractivity contribution is 9.10. The maximum atomic E-state index is 11.4. The fourth-order valence-electron chi connectivity index (χ4n) is 1.34. The first-order valence-corrected chi connectivity index (χ1v) is 5.50. The van der Waals surface area contributed by atoms with E-state index in [1.165, 1.54) is 7.11 Å². The zero-order chi connectivity index (χ0) is 12.1. The van der Waals surface area contributed by atoms with Crippen LogP contribution >= 0.6 is 15.9 Å². The Morgan fingerprint density at radius 3 is 2.69 bits per heavy atom. The number of aryl methyl sites for hydroxylation is 1. The number of amides is 1. The molecule has 4 nitrogen and oxygen atoms in total. The maximum absolute atomic E-state index is 11.4. The van der Waals surface area contributed by atoms with Crippen molar-refractivity contribution >= 4 is 27.5 Å². The van der Waals surface area contributed by atoms with Gasteiger partial charge in [0.1, 0.15) is 12.4 Å². The molecule has 0 aliphatic heterocycles. The third kappa shape index (κ3) is 3.21. The molecule has 5 heteroatoms. The first-order valence-electron chi connectivity index (χ1n) is 4.71. The lowest BCUT2D eigenvalue weighted by Gasteiger charge is -2.13. The Labute approximate surface area is 103 Å². The standard InChI is InChI=1S/C11H14BrNO3/c1-7-4-8(12)5-9(16-3)11(7)13-10(14)6-15-2/h4-5H,6H2,1-3H3,(H,13,14). The number of nitrogens with one attached hydrogen (secondary N) is 1. The van der Waals surface area contributed by atoms with Gasteiger partial charge in [0.2, 0.25) is 5.91 Å². The first-order chi connectivity index (χ1) is 7.58. The Kier molecular flexibility index (Phi) is 4.76. The van der Waals surface area contributed by atoms with Gasteiger partial charge in [-0.3, -0.25) is 4.79 Å². The molecule has 0 bridgehead atoms. The van der Waals surface area contributed by atoms with E-state index < -0.39 is 0 Å². The lowest BCUT2D eigenvalue weighted by atomic mass is 10.2. The summed E-state index contributed by atoms with van der Waals surface area (Å²) in [5, 5.41) is 2.75. The molecule has 0 unspecified atom stereocenters. The largest absolute Gasteiger partial charge is 0.495 e. The summed E-state index contributed by atoms with van der Waals surface area (Å²) in [6, 6.07) is 3.71. The SMILES string of the molecule is COCC(=O)Nc1c(C)cc(Br)cc1OC. The van der Waals surface area contributed by atoms with Crippen molar-refractivity contribution in [2.24, 2.45) is 0 Å². The number of carbonyl (C=O) groups excluding carboxylic acids is 1. The third-order valence-electron chi connectivity index (χ3n) is 2.02. The van der Waals surface area contributed by atoms with Crippen LogP contribution in [-0.2, 0) is 9.53 Å². The Balaban J connectivity index is 2.98. The predicted octanol–water partition coefficient (Wildman–Crippen LogP) is 2.35. The van der Waals surface area contributed by atoms with Gasteiger partial charge in [-0.25, -0.2) is 0 Å². The molecule has 0 aliphatic rings. The number of benzene rings is 1. The van der Waals surface area contributed by atoms with Gasteiger partial charge in [-0.05, 0) is 24.6 Å². The zero-order valence-electron chi connectivity index (χ0n) is 9.46. The van der Waals surface area contributed by atoms with E-state index >= 15 is 0 Å². The van der Waals surface area contributed by atoms with Gasteiger partial charge in [0.05, 0.1) is 12.8 Å². The lowest BCUT2D eigenvalue weighted by Crippen LogP contribution is -2.18. The van der Waals surface area contributed by atoms with Gasteiger partial charge in [-0.1, -0.05) is 15.9 Å². The van der Waals surface area contributed by atoms with Gasteiger partial charge < -0.3 is 14.8 Å². The lowest BCUT2D eigenvalue weighted by molar-refractivity contribution is -0.119. The highest BCUT2D eigenvalue weighted by Crippen LogP contribution is 2.31. The van der Waals surface area contributed by atoms with Crippen LogP contribution in [0, 0.1) is 6.92 Å². The van der Waals surface area contributed by atoms with Crippen LogP contribution in [0.3, 0.4) is 0 Å². The number of rotatable bonds is 4. The Hall–Kier alpha value is -1.07. The van der Waals surface area contributed by atoms with Gasteiger partial charge in [0, 0.05) is 11.6 Å². The van der Waals surface area contributed by atoms with Crippen LogP contribution in [0.4, 0.5) is 5.69 Å². The van der Waals surface area contributed by atoms with E-state index in [1.807, 2.05) is 13.0 Å². The quantitative estimate of drug-likeness (QED) is 0.925. The van der Waals surface area contributed by atoms with Crippen LogP contribution < -0.4 is 10.1 Å². The Morgan fingerprint density at radius 1 is 1.44 bits per heavy atom. The molecule has 1 N–H and O–H groups in total. The van der Waals surface area contributed by atoms with Crippen molar-refractivity contribution in [3.05, 3.63) is 22.2 Å². The van der Waals surface area contributed by atoms with E-state index in [1.54, 1.807) is 13.2 Å². The van der Waals surface area contributed by atoms with E-state index in [4.69, 9.17) is 9.47 Å². The number of hydrogen-bond acceptors (Lipinski definition) is 3. The molecule has 0 spiro atoms. The van der Waals surface area contributed by atoms with Crippen molar-refractivity contribution in [3.8, 4) is 5.75 Å². The molecule has 1 aromatic carbocycles. The van der Waals surface area contributed by atoms with Gasteiger partial charge >= 0.3 is 0 Å². The minimum absolute atomic E-state index is 0.0264. The average Bonchev–Trinajstić information content (AvgIpc) is 2.22. The van der Waals surface area contributed by atoms with Crippen LogP contribution in [0.1, 0.15) is 5.56 Å². The van der Waals surface area contributed by atoms with Crippen molar-refractivity contribution in [2.45, 2.75) is 6.92 Å². The summed E-state index contributed by atoms with van der Waals surface area (Å²) in [4.78, 5) is 11.4. The Bertz CT molecular complexity index is 393. The minimum atomic E-state index is -0.203. The van der Waals surface area contributed by atoms with E-state index in [-0.39, 0.29) is 12.5 Å². The summed E-state index contributed by atoms with van der Waals surface area (Å²) in [5.41, 5.74) is 1.60. The van der Waals surface area contributed by atoms with E-state index in [2.05, 4.69) is 21.2 Å².